The molecule has 19 nitrogen and oxygen atoms in total. The fourth-order valence-corrected chi connectivity index (χ4v) is 3.54. The van der Waals surface area contributed by atoms with Crippen LogP contribution in [0.15, 0.2) is 0 Å². The Bertz CT molecular complexity index is 643. The van der Waals surface area contributed by atoms with Crippen LogP contribution in [0, 0.1) is 0 Å². The van der Waals surface area contributed by atoms with Gasteiger partial charge in [0, 0.05) is 14.2 Å². The summed E-state index contributed by atoms with van der Waals surface area (Å²) < 4.78 is 95.3. The van der Waals surface area contributed by atoms with E-state index in [1.54, 1.807) is 14.2 Å². The van der Waals surface area contributed by atoms with E-state index in [9.17, 15) is 4.79 Å². The molecular weight excluding hydrogens is 724 g/mol. The molecule has 0 fully saturated rings. The molecule has 0 aromatic carbocycles. The summed E-state index contributed by atoms with van der Waals surface area (Å²) in [5.74, 6) is 0. The van der Waals surface area contributed by atoms with E-state index in [1.165, 1.54) is 0 Å². The molecule has 0 aliphatic carbocycles. The number of carbonyl (C=O) groups excluding carboxylic acids is 1. The van der Waals surface area contributed by atoms with E-state index in [0.29, 0.717) is 185 Å². The first-order valence-electron chi connectivity index (χ1n) is 18.7. The molecule has 0 atom stereocenters. The molecule has 0 bridgehead atoms. The summed E-state index contributed by atoms with van der Waals surface area (Å²) in [5, 5.41) is 0. The Labute approximate surface area is 321 Å². The van der Waals surface area contributed by atoms with E-state index in [1.807, 2.05) is 0 Å². The van der Waals surface area contributed by atoms with Crippen molar-refractivity contribution >= 4 is 6.16 Å². The van der Waals surface area contributed by atoms with Crippen molar-refractivity contribution in [3.8, 4) is 0 Å². The summed E-state index contributed by atoms with van der Waals surface area (Å²) >= 11 is 0. The highest BCUT2D eigenvalue weighted by atomic mass is 16.7. The maximum atomic E-state index is 11.6. The molecule has 0 unspecified atom stereocenters. The largest absolute Gasteiger partial charge is 0.508 e. The highest BCUT2D eigenvalue weighted by Gasteiger charge is 2.04. The molecule has 0 aromatic heterocycles. The van der Waals surface area contributed by atoms with Crippen molar-refractivity contribution in [2.75, 3.05) is 226 Å². The molecule has 54 heavy (non-hydrogen) atoms. The third kappa shape index (κ3) is 48.6. The molecule has 0 amide bonds. The van der Waals surface area contributed by atoms with Gasteiger partial charge in [0.15, 0.2) is 0 Å². The zero-order chi connectivity index (χ0) is 38.9. The number of methoxy groups -OCH3 is 2. The van der Waals surface area contributed by atoms with Crippen LogP contribution in [0.1, 0.15) is 0 Å². The SMILES string of the molecule is COCCOCCOCCOCCOCCOCCOCCOCCOC(=O)OCCOCCOCCOCCOCCOCCOCCOCCOC. The zero-order valence-electron chi connectivity index (χ0n) is 32.9. The van der Waals surface area contributed by atoms with Gasteiger partial charge in [-0.15, -0.1) is 0 Å². The fraction of sp³-hybridized carbons (Fsp3) is 0.971. The van der Waals surface area contributed by atoms with Crippen molar-refractivity contribution in [1.29, 1.82) is 0 Å². The molecule has 0 spiro atoms. The molecule has 0 aromatic rings. The van der Waals surface area contributed by atoms with Crippen LogP contribution in [0.5, 0.6) is 0 Å². The van der Waals surface area contributed by atoms with Crippen LogP contribution in [-0.2, 0) is 85.3 Å². The van der Waals surface area contributed by atoms with Crippen molar-refractivity contribution in [2.45, 2.75) is 0 Å². The van der Waals surface area contributed by atoms with Crippen LogP contribution >= 0.6 is 0 Å². The summed E-state index contributed by atoms with van der Waals surface area (Å²) in [4.78, 5) is 11.6. The van der Waals surface area contributed by atoms with Gasteiger partial charge in [0.25, 0.3) is 0 Å². The van der Waals surface area contributed by atoms with Crippen molar-refractivity contribution in [2.24, 2.45) is 0 Å². The molecular formula is C35H70O19. The summed E-state index contributed by atoms with van der Waals surface area (Å²) in [6, 6.07) is 0. The fourth-order valence-electron chi connectivity index (χ4n) is 3.54. The summed E-state index contributed by atoms with van der Waals surface area (Å²) in [6.07, 6.45) is -0.778. The summed E-state index contributed by atoms with van der Waals surface area (Å²) in [6.45, 7) is 14.3. The van der Waals surface area contributed by atoms with Gasteiger partial charge in [0.1, 0.15) is 13.2 Å². The number of hydrogen-bond donors (Lipinski definition) is 0. The van der Waals surface area contributed by atoms with E-state index in [2.05, 4.69) is 0 Å². The molecule has 0 saturated heterocycles. The molecule has 324 valence electrons. The first kappa shape index (κ1) is 52.6. The molecule has 0 rings (SSSR count). The number of ether oxygens (including phenoxy) is 18. The smallest absolute Gasteiger partial charge is 0.432 e. The van der Waals surface area contributed by atoms with E-state index in [0.717, 1.165) is 0 Å². The third-order valence-electron chi connectivity index (χ3n) is 6.22. The molecule has 0 radical (unpaired) electrons. The minimum Gasteiger partial charge on any atom is -0.432 e. The van der Waals surface area contributed by atoms with Crippen LogP contribution in [0.25, 0.3) is 0 Å². The molecule has 0 saturated carbocycles. The first-order valence-corrected chi connectivity index (χ1v) is 18.7. The predicted octanol–water partition coefficient (Wildman–Crippen LogP) is 0.665. The highest BCUT2D eigenvalue weighted by molar-refractivity contribution is 5.59. The average molecular weight is 795 g/mol. The topological polar surface area (TPSA) is 183 Å². The van der Waals surface area contributed by atoms with Gasteiger partial charge in [0.2, 0.25) is 0 Å². The molecule has 0 aliphatic heterocycles. The van der Waals surface area contributed by atoms with Gasteiger partial charge in [-0.05, 0) is 0 Å². The Kier molecular flexibility index (Phi) is 48.4. The van der Waals surface area contributed by atoms with Crippen LogP contribution < -0.4 is 0 Å². The summed E-state index contributed by atoms with van der Waals surface area (Å²) in [5.41, 5.74) is 0. The Morgan fingerprint density at radius 1 is 0.222 bits per heavy atom. The lowest BCUT2D eigenvalue weighted by atomic mass is 10.6. The normalized spacial score (nSPS) is 11.4. The van der Waals surface area contributed by atoms with Gasteiger partial charge in [-0.1, -0.05) is 0 Å². The quantitative estimate of drug-likeness (QED) is 0.0618. The van der Waals surface area contributed by atoms with E-state index < -0.39 is 6.16 Å². The number of carbonyl (C=O) groups is 1. The third-order valence-corrected chi connectivity index (χ3v) is 6.22. The van der Waals surface area contributed by atoms with E-state index in [4.69, 9.17) is 85.3 Å². The molecule has 19 heteroatoms. The highest BCUT2D eigenvalue weighted by Crippen LogP contribution is 1.90. The second-order valence-electron chi connectivity index (χ2n) is 10.5. The molecule has 0 heterocycles. The maximum absolute atomic E-state index is 11.6. The Hall–Kier alpha value is -1.37. The van der Waals surface area contributed by atoms with Crippen molar-refractivity contribution in [3.63, 3.8) is 0 Å². The zero-order valence-corrected chi connectivity index (χ0v) is 32.9. The van der Waals surface area contributed by atoms with Gasteiger partial charge >= 0.3 is 6.16 Å². The standard InChI is InChI=1S/C35H70O19/c1-37-3-5-39-7-9-41-11-13-43-15-17-45-19-21-47-23-25-49-27-29-51-31-33-53-35(36)54-34-32-52-30-28-50-26-24-48-22-20-46-18-16-44-14-12-42-10-8-40-6-4-38-2/h3-34H2,1-2H3. The van der Waals surface area contributed by atoms with Gasteiger partial charge < -0.3 is 85.3 Å². The van der Waals surface area contributed by atoms with Gasteiger partial charge in [-0.3, -0.25) is 0 Å². The lowest BCUT2D eigenvalue weighted by Gasteiger charge is -2.09. The van der Waals surface area contributed by atoms with E-state index in [-0.39, 0.29) is 26.4 Å². The number of rotatable bonds is 48. The van der Waals surface area contributed by atoms with Crippen molar-refractivity contribution in [3.05, 3.63) is 0 Å². The minimum atomic E-state index is -0.778. The van der Waals surface area contributed by atoms with Gasteiger partial charge in [-0.2, -0.15) is 0 Å². The first-order chi connectivity index (χ1) is 26.8. The van der Waals surface area contributed by atoms with Crippen molar-refractivity contribution < 1.29 is 90.1 Å². The van der Waals surface area contributed by atoms with Crippen molar-refractivity contribution in [1.82, 2.24) is 0 Å². The van der Waals surface area contributed by atoms with Crippen LogP contribution in [0.3, 0.4) is 0 Å². The van der Waals surface area contributed by atoms with Crippen LogP contribution in [0.4, 0.5) is 4.79 Å². The van der Waals surface area contributed by atoms with Gasteiger partial charge in [-0.25, -0.2) is 4.79 Å². The van der Waals surface area contributed by atoms with E-state index >= 15 is 0 Å². The molecule has 0 aliphatic rings. The minimum absolute atomic E-state index is 0.0760. The average Bonchev–Trinajstić information content (AvgIpc) is 3.18. The van der Waals surface area contributed by atoms with Gasteiger partial charge in [0.05, 0.1) is 198 Å². The monoisotopic (exact) mass is 794 g/mol. The lowest BCUT2D eigenvalue weighted by molar-refractivity contribution is -0.0270. The second kappa shape index (κ2) is 49.6. The second-order valence-corrected chi connectivity index (χ2v) is 10.5. The van der Waals surface area contributed by atoms with Crippen LogP contribution in [0.2, 0.25) is 0 Å². The lowest BCUT2D eigenvalue weighted by Crippen LogP contribution is -2.17. The summed E-state index contributed by atoms with van der Waals surface area (Å²) in [7, 11) is 3.27. The number of hydrogen-bond acceptors (Lipinski definition) is 19. The Morgan fingerprint density at radius 2 is 0.352 bits per heavy atom. The molecule has 0 N–H and O–H groups in total. The Balaban J connectivity index is 3.14. The maximum Gasteiger partial charge on any atom is 0.508 e. The van der Waals surface area contributed by atoms with Crippen LogP contribution in [-0.4, -0.2) is 232 Å². The Morgan fingerprint density at radius 3 is 0.500 bits per heavy atom. The predicted molar refractivity (Wildman–Crippen MR) is 193 cm³/mol.